The summed E-state index contributed by atoms with van der Waals surface area (Å²) in [5, 5.41) is 1.05. The number of H-pyrrole nitrogens is 1. The molecule has 0 radical (unpaired) electrons. The van der Waals surface area contributed by atoms with E-state index in [9.17, 15) is 0 Å². The fraction of sp³-hybridized carbons (Fsp3) is 0.364. The molecule has 6 heteroatoms. The molecule has 0 aliphatic carbocycles. The number of unbranched alkanes of at least 4 members (excludes halogenated alkanes) is 1. The number of aromatic nitrogens is 3. The van der Waals surface area contributed by atoms with E-state index in [0.29, 0.717) is 0 Å². The molecule has 0 saturated heterocycles. The zero-order chi connectivity index (χ0) is 11.2. The SMILES string of the molecule is CCCCSc1nsnc1-c1ccc[nH+]c1.[I-]. The maximum absolute atomic E-state index is 4.35. The normalized spacial score (nSPS) is 9.94. The lowest BCUT2D eigenvalue weighted by Crippen LogP contribution is -3.00. The minimum absolute atomic E-state index is 0. The molecule has 2 aromatic heterocycles. The molecule has 92 valence electrons. The van der Waals surface area contributed by atoms with Crippen LogP contribution in [0.3, 0.4) is 0 Å². The lowest BCUT2D eigenvalue weighted by atomic mass is 10.2. The van der Waals surface area contributed by atoms with Gasteiger partial charge in [0.25, 0.3) is 0 Å². The quantitative estimate of drug-likeness (QED) is 0.415. The number of aromatic amines is 1. The summed E-state index contributed by atoms with van der Waals surface area (Å²) < 4.78 is 8.70. The van der Waals surface area contributed by atoms with Crippen LogP contribution in [0.5, 0.6) is 0 Å². The average Bonchev–Trinajstić information content (AvgIpc) is 2.79. The molecule has 2 rings (SSSR count). The molecule has 0 fully saturated rings. The van der Waals surface area contributed by atoms with Gasteiger partial charge in [0.1, 0.15) is 10.7 Å². The first-order valence-electron chi connectivity index (χ1n) is 5.33. The van der Waals surface area contributed by atoms with Crippen molar-refractivity contribution in [3.05, 3.63) is 24.5 Å². The van der Waals surface area contributed by atoms with E-state index >= 15 is 0 Å². The van der Waals surface area contributed by atoms with Crippen LogP contribution in [0.15, 0.2) is 29.6 Å². The summed E-state index contributed by atoms with van der Waals surface area (Å²) in [7, 11) is 0. The maximum atomic E-state index is 4.35. The minimum Gasteiger partial charge on any atom is -1.00 e. The van der Waals surface area contributed by atoms with Gasteiger partial charge in [-0.3, -0.25) is 0 Å². The van der Waals surface area contributed by atoms with Gasteiger partial charge in [-0.15, -0.1) is 11.8 Å². The number of rotatable bonds is 5. The molecular weight excluding hydrogens is 365 g/mol. The first-order valence-corrected chi connectivity index (χ1v) is 7.05. The predicted octanol–water partition coefficient (Wildman–Crippen LogP) is -0.0846. The van der Waals surface area contributed by atoms with Crippen LogP contribution in [0.2, 0.25) is 0 Å². The van der Waals surface area contributed by atoms with Crippen LogP contribution in [-0.2, 0) is 0 Å². The number of hydrogen-bond acceptors (Lipinski definition) is 4. The highest BCUT2D eigenvalue weighted by Crippen LogP contribution is 2.29. The smallest absolute Gasteiger partial charge is 0.176 e. The van der Waals surface area contributed by atoms with Crippen molar-refractivity contribution in [2.24, 2.45) is 0 Å². The Morgan fingerprint density at radius 1 is 1.41 bits per heavy atom. The van der Waals surface area contributed by atoms with Crippen molar-refractivity contribution in [1.29, 1.82) is 0 Å². The fourth-order valence-electron chi connectivity index (χ4n) is 1.31. The second-order valence-electron chi connectivity index (χ2n) is 3.41. The highest BCUT2D eigenvalue weighted by atomic mass is 127. The van der Waals surface area contributed by atoms with Gasteiger partial charge >= 0.3 is 0 Å². The molecule has 0 saturated carbocycles. The van der Waals surface area contributed by atoms with Crippen LogP contribution in [0.25, 0.3) is 11.3 Å². The zero-order valence-electron chi connectivity index (χ0n) is 9.52. The Morgan fingerprint density at radius 2 is 2.29 bits per heavy atom. The Balaban J connectivity index is 0.00000144. The van der Waals surface area contributed by atoms with Crippen molar-refractivity contribution in [3.63, 3.8) is 0 Å². The highest BCUT2D eigenvalue weighted by Gasteiger charge is 2.11. The largest absolute Gasteiger partial charge is 1.00 e. The Bertz CT molecular complexity index is 433. The van der Waals surface area contributed by atoms with Gasteiger partial charge in [0.2, 0.25) is 0 Å². The van der Waals surface area contributed by atoms with Gasteiger partial charge in [-0.2, -0.15) is 8.75 Å². The van der Waals surface area contributed by atoms with Crippen molar-refractivity contribution in [1.82, 2.24) is 8.75 Å². The molecule has 0 aliphatic heterocycles. The van der Waals surface area contributed by atoms with E-state index in [0.717, 1.165) is 22.0 Å². The van der Waals surface area contributed by atoms with Gasteiger partial charge in [-0.05, 0) is 18.2 Å². The number of nitrogens with zero attached hydrogens (tertiary/aromatic N) is 2. The first-order chi connectivity index (χ1) is 7.92. The van der Waals surface area contributed by atoms with Crippen molar-refractivity contribution in [2.75, 3.05) is 5.75 Å². The predicted molar refractivity (Wildman–Crippen MR) is 67.5 cm³/mol. The lowest BCUT2D eigenvalue weighted by molar-refractivity contribution is -0.377. The Kier molecular flexibility index (Phi) is 6.98. The van der Waals surface area contributed by atoms with E-state index in [1.807, 2.05) is 18.5 Å². The molecule has 1 N–H and O–H groups in total. The molecule has 0 aromatic carbocycles. The summed E-state index contributed by atoms with van der Waals surface area (Å²) in [6.07, 6.45) is 6.30. The molecule has 0 aliphatic rings. The van der Waals surface area contributed by atoms with Crippen LogP contribution >= 0.6 is 23.5 Å². The average molecular weight is 379 g/mol. The van der Waals surface area contributed by atoms with Crippen LogP contribution in [0.1, 0.15) is 19.8 Å². The lowest BCUT2D eigenvalue weighted by Gasteiger charge is -1.98. The van der Waals surface area contributed by atoms with Crippen LogP contribution < -0.4 is 29.0 Å². The molecular formula is C11H14IN3S2. The third-order valence-electron chi connectivity index (χ3n) is 2.18. The van der Waals surface area contributed by atoms with Gasteiger partial charge in [-0.1, -0.05) is 13.3 Å². The van der Waals surface area contributed by atoms with E-state index in [4.69, 9.17) is 0 Å². The minimum atomic E-state index is 0. The molecule has 0 unspecified atom stereocenters. The summed E-state index contributed by atoms with van der Waals surface area (Å²) in [4.78, 5) is 3.07. The molecule has 17 heavy (non-hydrogen) atoms. The number of thioether (sulfide) groups is 1. The summed E-state index contributed by atoms with van der Waals surface area (Å²) in [5.41, 5.74) is 2.11. The molecule has 0 spiro atoms. The number of nitrogens with one attached hydrogen (secondary N) is 1. The second kappa shape index (κ2) is 7.99. The van der Waals surface area contributed by atoms with Gasteiger partial charge < -0.3 is 24.0 Å². The molecule has 0 amide bonds. The monoisotopic (exact) mass is 379 g/mol. The Morgan fingerprint density at radius 3 is 3.00 bits per heavy atom. The molecule has 3 nitrogen and oxygen atoms in total. The second-order valence-corrected chi connectivity index (χ2v) is 5.02. The third kappa shape index (κ3) is 4.18. The molecule has 0 bridgehead atoms. The zero-order valence-corrected chi connectivity index (χ0v) is 13.3. The topological polar surface area (TPSA) is 39.9 Å². The molecule has 2 aromatic rings. The highest BCUT2D eigenvalue weighted by molar-refractivity contribution is 7.99. The third-order valence-corrected chi connectivity index (χ3v) is 3.87. The van der Waals surface area contributed by atoms with E-state index in [1.165, 1.54) is 24.6 Å². The maximum Gasteiger partial charge on any atom is 0.176 e. The summed E-state index contributed by atoms with van der Waals surface area (Å²) in [5.74, 6) is 1.12. The van der Waals surface area contributed by atoms with Crippen LogP contribution in [-0.4, -0.2) is 14.5 Å². The number of halogens is 1. The fourth-order valence-corrected chi connectivity index (χ4v) is 3.08. The standard InChI is InChI=1S/C11H13N3S2.HI/c1-2-3-7-15-11-10(13-16-14-11)9-5-4-6-12-8-9;/h4-6,8H,2-3,7H2,1H3;1H. The van der Waals surface area contributed by atoms with Crippen molar-refractivity contribution >= 4 is 23.5 Å². The van der Waals surface area contributed by atoms with Gasteiger partial charge in [0.05, 0.1) is 17.3 Å². The van der Waals surface area contributed by atoms with Gasteiger partial charge in [-0.25, -0.2) is 4.98 Å². The van der Waals surface area contributed by atoms with Gasteiger partial charge in [0, 0.05) is 6.07 Å². The van der Waals surface area contributed by atoms with Crippen molar-refractivity contribution < 1.29 is 29.0 Å². The van der Waals surface area contributed by atoms with Gasteiger partial charge in [0.15, 0.2) is 12.4 Å². The Hall–Kier alpha value is -0.210. The Labute approximate surface area is 127 Å². The van der Waals surface area contributed by atoms with Crippen molar-refractivity contribution in [3.8, 4) is 11.3 Å². The van der Waals surface area contributed by atoms with Crippen molar-refractivity contribution in [2.45, 2.75) is 24.8 Å². The van der Waals surface area contributed by atoms with Crippen LogP contribution in [0.4, 0.5) is 0 Å². The van der Waals surface area contributed by atoms with E-state index < -0.39 is 0 Å². The number of hydrogen-bond donors (Lipinski definition) is 0. The summed E-state index contributed by atoms with van der Waals surface area (Å²) >= 11 is 3.08. The van der Waals surface area contributed by atoms with E-state index in [1.54, 1.807) is 11.8 Å². The van der Waals surface area contributed by atoms with Crippen LogP contribution in [0, 0.1) is 0 Å². The van der Waals surface area contributed by atoms with E-state index in [-0.39, 0.29) is 24.0 Å². The summed E-state index contributed by atoms with van der Waals surface area (Å²) in [6.45, 7) is 2.20. The molecule has 0 atom stereocenters. The van der Waals surface area contributed by atoms with E-state index in [2.05, 4.69) is 26.7 Å². The summed E-state index contributed by atoms with van der Waals surface area (Å²) in [6, 6.07) is 4.03. The first kappa shape index (κ1) is 14.8. The molecule has 2 heterocycles. The number of pyridine rings is 1.